The minimum Gasteiger partial charge on any atom is -0.272 e. The highest BCUT2D eigenvalue weighted by molar-refractivity contribution is 7.99. The zero-order chi connectivity index (χ0) is 23.4. The van der Waals surface area contributed by atoms with Crippen LogP contribution in [-0.4, -0.2) is 26.9 Å². The average Bonchev–Trinajstić information content (AvgIpc) is 2.82. The Balaban J connectivity index is 1.57. The number of hydrogen-bond donors (Lipinski definition) is 1. The number of carbonyl (C=O) groups excluding carboxylic acids is 1. The Morgan fingerprint density at radius 2 is 1.76 bits per heavy atom. The Labute approximate surface area is 200 Å². The number of benzene rings is 3. The molecule has 166 valence electrons. The van der Waals surface area contributed by atoms with E-state index in [0.717, 1.165) is 11.1 Å². The number of amides is 1. The van der Waals surface area contributed by atoms with Gasteiger partial charge in [-0.2, -0.15) is 5.10 Å². The van der Waals surface area contributed by atoms with Crippen LogP contribution in [0.3, 0.4) is 0 Å². The minimum absolute atomic E-state index is 0.0496. The van der Waals surface area contributed by atoms with Crippen molar-refractivity contribution < 1.29 is 4.79 Å². The number of aryl methyl sites for hydroxylation is 1. The molecule has 0 atom stereocenters. The summed E-state index contributed by atoms with van der Waals surface area (Å²) in [6, 6.07) is 22.0. The number of carbonyl (C=O) groups is 1. The van der Waals surface area contributed by atoms with Crippen LogP contribution in [0, 0.1) is 6.92 Å². The number of aromatic nitrogens is 2. The Morgan fingerprint density at radius 1 is 1.06 bits per heavy atom. The van der Waals surface area contributed by atoms with Gasteiger partial charge in [0.25, 0.3) is 11.5 Å². The van der Waals surface area contributed by atoms with Crippen molar-refractivity contribution in [1.82, 2.24) is 15.0 Å². The lowest BCUT2D eigenvalue weighted by Gasteiger charge is -2.13. The number of hydrazone groups is 1. The van der Waals surface area contributed by atoms with Gasteiger partial charge in [0.2, 0.25) is 0 Å². The lowest BCUT2D eigenvalue weighted by Crippen LogP contribution is -2.24. The first-order valence-electron chi connectivity index (χ1n) is 10.2. The van der Waals surface area contributed by atoms with Crippen molar-refractivity contribution >= 4 is 45.9 Å². The Morgan fingerprint density at radius 3 is 2.48 bits per heavy atom. The number of rotatable bonds is 6. The fourth-order valence-electron chi connectivity index (χ4n) is 3.19. The molecule has 4 aromatic rings. The SMILES string of the molecule is C/C(=N/NC(=O)CSc1nc2ccccc2c(=O)n1-c1ccc(C)cc1)c1ccc(Cl)cc1. The van der Waals surface area contributed by atoms with Crippen molar-refractivity contribution in [2.75, 3.05) is 5.75 Å². The summed E-state index contributed by atoms with van der Waals surface area (Å²) in [5.41, 5.74) is 6.28. The van der Waals surface area contributed by atoms with Gasteiger partial charge < -0.3 is 0 Å². The molecular formula is C25H21ClN4O2S. The standard InChI is InChI=1S/C25H21ClN4O2S/c1-16-7-13-20(14-8-16)30-24(32)21-5-3-4-6-22(21)27-25(30)33-15-23(31)29-28-17(2)18-9-11-19(26)12-10-18/h3-14H,15H2,1-2H3,(H,29,31)/b28-17-. The molecule has 1 aromatic heterocycles. The molecule has 0 aliphatic heterocycles. The van der Waals surface area contributed by atoms with Crippen LogP contribution in [0.4, 0.5) is 0 Å². The number of hydrogen-bond acceptors (Lipinski definition) is 5. The second kappa shape index (κ2) is 10.0. The van der Waals surface area contributed by atoms with E-state index < -0.39 is 0 Å². The molecule has 0 saturated heterocycles. The number of para-hydroxylation sites is 1. The average molecular weight is 477 g/mol. The fraction of sp³-hybridized carbons (Fsp3) is 0.120. The molecule has 4 rings (SSSR count). The van der Waals surface area contributed by atoms with Gasteiger partial charge in [-0.25, -0.2) is 10.4 Å². The maximum atomic E-state index is 13.3. The van der Waals surface area contributed by atoms with E-state index in [4.69, 9.17) is 11.6 Å². The highest BCUT2D eigenvalue weighted by atomic mass is 35.5. The van der Waals surface area contributed by atoms with Gasteiger partial charge in [0, 0.05) is 5.02 Å². The number of nitrogens with zero attached hydrogens (tertiary/aromatic N) is 3. The molecule has 1 N–H and O–H groups in total. The molecule has 33 heavy (non-hydrogen) atoms. The summed E-state index contributed by atoms with van der Waals surface area (Å²) < 4.78 is 1.54. The smallest absolute Gasteiger partial charge is 0.266 e. The van der Waals surface area contributed by atoms with E-state index >= 15 is 0 Å². The molecule has 1 heterocycles. The summed E-state index contributed by atoms with van der Waals surface area (Å²) in [6.45, 7) is 3.79. The molecule has 0 spiro atoms. The van der Waals surface area contributed by atoms with Gasteiger partial charge in [-0.1, -0.05) is 65.3 Å². The van der Waals surface area contributed by atoms with Crippen molar-refractivity contribution in [3.63, 3.8) is 0 Å². The third kappa shape index (κ3) is 5.32. The van der Waals surface area contributed by atoms with Crippen molar-refractivity contribution in [3.8, 4) is 5.69 Å². The van der Waals surface area contributed by atoms with Gasteiger partial charge in [-0.3, -0.25) is 14.2 Å². The summed E-state index contributed by atoms with van der Waals surface area (Å²) in [5.74, 6) is -0.250. The van der Waals surface area contributed by atoms with Gasteiger partial charge in [0.1, 0.15) is 0 Å². The zero-order valence-corrected chi connectivity index (χ0v) is 19.7. The molecular weight excluding hydrogens is 456 g/mol. The predicted molar refractivity (Wildman–Crippen MR) is 135 cm³/mol. The highest BCUT2D eigenvalue weighted by Crippen LogP contribution is 2.21. The summed E-state index contributed by atoms with van der Waals surface area (Å²) >= 11 is 7.10. The van der Waals surface area contributed by atoms with Crippen LogP contribution < -0.4 is 11.0 Å². The maximum Gasteiger partial charge on any atom is 0.266 e. The van der Waals surface area contributed by atoms with E-state index in [1.54, 1.807) is 35.8 Å². The number of halogens is 1. The monoisotopic (exact) mass is 476 g/mol. The molecule has 0 saturated carbocycles. The fourth-order valence-corrected chi connectivity index (χ4v) is 4.13. The van der Waals surface area contributed by atoms with Crippen molar-refractivity contribution in [2.24, 2.45) is 5.10 Å². The first kappa shape index (κ1) is 22.8. The van der Waals surface area contributed by atoms with Crippen LogP contribution in [0.2, 0.25) is 5.02 Å². The van der Waals surface area contributed by atoms with E-state index in [0.29, 0.717) is 32.5 Å². The van der Waals surface area contributed by atoms with Crippen molar-refractivity contribution in [1.29, 1.82) is 0 Å². The predicted octanol–water partition coefficient (Wildman–Crippen LogP) is 4.98. The van der Waals surface area contributed by atoms with E-state index in [1.807, 2.05) is 55.5 Å². The minimum atomic E-state index is -0.300. The lowest BCUT2D eigenvalue weighted by molar-refractivity contribution is -0.118. The number of nitrogens with one attached hydrogen (secondary N) is 1. The molecule has 0 aliphatic rings. The summed E-state index contributed by atoms with van der Waals surface area (Å²) in [7, 11) is 0. The second-order valence-corrected chi connectivity index (χ2v) is 8.79. The summed E-state index contributed by atoms with van der Waals surface area (Å²) in [6.07, 6.45) is 0. The molecule has 8 heteroatoms. The highest BCUT2D eigenvalue weighted by Gasteiger charge is 2.14. The van der Waals surface area contributed by atoms with E-state index in [2.05, 4.69) is 15.5 Å². The molecule has 0 aliphatic carbocycles. The quantitative estimate of drug-likeness (QED) is 0.184. The molecule has 0 radical (unpaired) electrons. The van der Waals surface area contributed by atoms with Gasteiger partial charge in [0.15, 0.2) is 5.16 Å². The van der Waals surface area contributed by atoms with Crippen molar-refractivity contribution in [2.45, 2.75) is 19.0 Å². The lowest BCUT2D eigenvalue weighted by atomic mass is 10.1. The van der Waals surface area contributed by atoms with Crippen LogP contribution in [-0.2, 0) is 4.79 Å². The first-order valence-corrected chi connectivity index (χ1v) is 11.6. The maximum absolute atomic E-state index is 13.3. The van der Waals surface area contributed by atoms with Gasteiger partial charge in [-0.05, 0) is 55.8 Å². The molecule has 0 bridgehead atoms. The first-order chi connectivity index (χ1) is 15.9. The third-order valence-electron chi connectivity index (χ3n) is 4.98. The van der Waals surface area contributed by atoms with Gasteiger partial charge in [-0.15, -0.1) is 0 Å². The van der Waals surface area contributed by atoms with Crippen LogP contribution in [0.15, 0.2) is 87.8 Å². The largest absolute Gasteiger partial charge is 0.272 e. The Kier molecular flexibility index (Phi) is 6.91. The zero-order valence-electron chi connectivity index (χ0n) is 18.1. The third-order valence-corrected chi connectivity index (χ3v) is 6.17. The summed E-state index contributed by atoms with van der Waals surface area (Å²) in [4.78, 5) is 30.4. The van der Waals surface area contributed by atoms with Crippen molar-refractivity contribution in [3.05, 3.63) is 99.3 Å². The van der Waals surface area contributed by atoms with Crippen LogP contribution in [0.25, 0.3) is 16.6 Å². The van der Waals surface area contributed by atoms with Crippen LogP contribution in [0.1, 0.15) is 18.1 Å². The number of thioether (sulfide) groups is 1. The molecule has 6 nitrogen and oxygen atoms in total. The molecule has 0 unspecified atom stereocenters. The van der Waals surface area contributed by atoms with Crippen LogP contribution >= 0.6 is 23.4 Å². The molecule has 1 amide bonds. The van der Waals surface area contributed by atoms with E-state index in [1.165, 1.54) is 11.8 Å². The van der Waals surface area contributed by atoms with E-state index in [-0.39, 0.29) is 17.2 Å². The van der Waals surface area contributed by atoms with Crippen LogP contribution in [0.5, 0.6) is 0 Å². The topological polar surface area (TPSA) is 76.3 Å². The van der Waals surface area contributed by atoms with E-state index in [9.17, 15) is 9.59 Å². The normalized spacial score (nSPS) is 11.5. The van der Waals surface area contributed by atoms with Gasteiger partial charge in [0.05, 0.1) is 28.1 Å². The Hall–Kier alpha value is -3.42. The Bertz CT molecular complexity index is 1400. The number of fused-ring (bicyclic) bond motifs is 1. The molecule has 0 fully saturated rings. The summed E-state index contributed by atoms with van der Waals surface area (Å²) in [5, 5.41) is 5.76. The molecule has 3 aromatic carbocycles. The second-order valence-electron chi connectivity index (χ2n) is 7.42. The van der Waals surface area contributed by atoms with Gasteiger partial charge >= 0.3 is 0 Å².